The van der Waals surface area contributed by atoms with Crippen LogP contribution in [0.2, 0.25) is 0 Å². The van der Waals surface area contributed by atoms with E-state index >= 15 is 0 Å². The lowest BCUT2D eigenvalue weighted by atomic mass is 9.82. The maximum absolute atomic E-state index is 12.9. The lowest BCUT2D eigenvalue weighted by molar-refractivity contribution is -0.135. The molecule has 0 N–H and O–H groups in total. The number of fused-ring (bicyclic) bond motifs is 2. The molecular weight excluding hydrogens is 484 g/mol. The predicted octanol–water partition coefficient (Wildman–Crippen LogP) is 10.1. The second kappa shape index (κ2) is 17.4. The van der Waals surface area contributed by atoms with E-state index in [1.807, 2.05) is 24.3 Å². The van der Waals surface area contributed by atoms with Crippen LogP contribution in [0, 0.1) is 5.92 Å². The van der Waals surface area contributed by atoms with Crippen molar-refractivity contribution in [3.05, 3.63) is 35.4 Å². The molecule has 0 amide bonds. The molecule has 39 heavy (non-hydrogen) atoms. The summed E-state index contributed by atoms with van der Waals surface area (Å²) in [5.74, 6) is 1.56. The molecule has 1 atom stereocenters. The summed E-state index contributed by atoms with van der Waals surface area (Å²) in [6, 6.07) is 7.94. The number of carbonyl (C=O) groups excluding carboxylic acids is 2. The fourth-order valence-corrected chi connectivity index (χ4v) is 5.82. The smallest absolute Gasteiger partial charge is 0.311 e. The van der Waals surface area contributed by atoms with Crippen molar-refractivity contribution >= 4 is 22.7 Å². The highest BCUT2D eigenvalue weighted by Crippen LogP contribution is 2.45. The average molecular weight is 537 g/mol. The molecule has 0 saturated heterocycles. The Hall–Kier alpha value is -2.36. The minimum atomic E-state index is -0.155. The van der Waals surface area contributed by atoms with Crippen molar-refractivity contribution in [2.75, 3.05) is 0 Å². The Morgan fingerprint density at radius 3 is 1.59 bits per heavy atom. The summed E-state index contributed by atoms with van der Waals surface area (Å²) in [6.07, 6.45) is 20.0. The van der Waals surface area contributed by atoms with E-state index in [4.69, 9.17) is 9.47 Å². The molecule has 0 radical (unpaired) electrons. The summed E-state index contributed by atoms with van der Waals surface area (Å²) >= 11 is 0. The third-order valence-electron chi connectivity index (χ3n) is 8.17. The monoisotopic (exact) mass is 536 g/mol. The Kier molecular flexibility index (Phi) is 13.9. The first-order chi connectivity index (χ1) is 19.0. The van der Waals surface area contributed by atoms with Crippen LogP contribution in [0.25, 0.3) is 10.8 Å². The zero-order valence-corrected chi connectivity index (χ0v) is 25.0. The summed E-state index contributed by atoms with van der Waals surface area (Å²) in [7, 11) is 0. The maximum Gasteiger partial charge on any atom is 0.311 e. The number of rotatable bonds is 18. The van der Waals surface area contributed by atoms with E-state index in [1.54, 1.807) is 0 Å². The van der Waals surface area contributed by atoms with E-state index in [-0.39, 0.29) is 11.9 Å². The Balaban J connectivity index is 1.70. The van der Waals surface area contributed by atoms with Gasteiger partial charge in [0.05, 0.1) is 0 Å². The van der Waals surface area contributed by atoms with Crippen LogP contribution in [0.3, 0.4) is 0 Å². The van der Waals surface area contributed by atoms with Gasteiger partial charge in [-0.15, -0.1) is 0 Å². The van der Waals surface area contributed by atoms with Crippen molar-refractivity contribution in [2.24, 2.45) is 5.92 Å². The third kappa shape index (κ3) is 9.96. The average Bonchev–Trinajstić information content (AvgIpc) is 2.93. The first-order valence-electron chi connectivity index (χ1n) is 16.0. The van der Waals surface area contributed by atoms with Crippen molar-refractivity contribution in [2.45, 2.75) is 143 Å². The number of benzene rings is 2. The number of carbonyl (C=O) groups is 2. The Bertz CT molecular complexity index is 1040. The summed E-state index contributed by atoms with van der Waals surface area (Å²) in [5.41, 5.74) is 2.11. The first kappa shape index (κ1) is 31.2. The van der Waals surface area contributed by atoms with Crippen LogP contribution < -0.4 is 9.47 Å². The third-order valence-corrected chi connectivity index (χ3v) is 8.17. The lowest BCUT2D eigenvalue weighted by Crippen LogP contribution is -2.19. The number of unbranched alkanes of at least 4 members (excludes halogenated alkanes) is 12. The number of hydrogen-bond acceptors (Lipinski definition) is 4. The molecule has 0 aliphatic heterocycles. The number of esters is 2. The first-order valence-corrected chi connectivity index (χ1v) is 16.0. The Morgan fingerprint density at radius 2 is 1.10 bits per heavy atom. The highest BCUT2D eigenvalue weighted by molar-refractivity contribution is 5.99. The predicted molar refractivity (Wildman–Crippen MR) is 162 cm³/mol. The van der Waals surface area contributed by atoms with Gasteiger partial charge in [-0.05, 0) is 38.0 Å². The zero-order valence-electron chi connectivity index (χ0n) is 25.0. The van der Waals surface area contributed by atoms with Gasteiger partial charge in [0.25, 0.3) is 0 Å². The number of ether oxygens (including phenoxy) is 2. The molecule has 1 aliphatic carbocycles. The quantitative estimate of drug-likeness (QED) is 0.108. The van der Waals surface area contributed by atoms with E-state index in [0.29, 0.717) is 30.3 Å². The second-order valence-electron chi connectivity index (χ2n) is 11.7. The van der Waals surface area contributed by atoms with E-state index in [0.717, 1.165) is 66.8 Å². The Labute approximate surface area is 237 Å². The van der Waals surface area contributed by atoms with Gasteiger partial charge in [0.15, 0.2) is 0 Å². The van der Waals surface area contributed by atoms with Crippen molar-refractivity contribution < 1.29 is 19.1 Å². The van der Waals surface area contributed by atoms with E-state index in [2.05, 4.69) is 20.8 Å². The Morgan fingerprint density at radius 1 is 0.667 bits per heavy atom. The molecule has 0 heterocycles. The maximum atomic E-state index is 12.9. The molecule has 4 nitrogen and oxygen atoms in total. The van der Waals surface area contributed by atoms with Gasteiger partial charge in [0.2, 0.25) is 0 Å². The SMILES string of the molecule is CCCCCCCCCC(=O)Oc1c2c(c(OC(=O)CCCCCCCCC)c3ccccc13)CC(C)CC2. The van der Waals surface area contributed by atoms with Gasteiger partial charge in [-0.25, -0.2) is 0 Å². The molecule has 4 heteroatoms. The molecule has 0 fully saturated rings. The molecule has 2 aromatic rings. The van der Waals surface area contributed by atoms with E-state index in [9.17, 15) is 9.59 Å². The second-order valence-corrected chi connectivity index (χ2v) is 11.7. The highest BCUT2D eigenvalue weighted by Gasteiger charge is 2.28. The van der Waals surface area contributed by atoms with Crippen LogP contribution in [0.15, 0.2) is 24.3 Å². The van der Waals surface area contributed by atoms with Crippen LogP contribution in [0.1, 0.15) is 141 Å². The topological polar surface area (TPSA) is 52.6 Å². The van der Waals surface area contributed by atoms with Crippen LogP contribution in [-0.2, 0) is 22.4 Å². The lowest BCUT2D eigenvalue weighted by Gasteiger charge is -2.27. The molecule has 3 rings (SSSR count). The van der Waals surface area contributed by atoms with E-state index in [1.165, 1.54) is 64.2 Å². The summed E-state index contributed by atoms with van der Waals surface area (Å²) < 4.78 is 12.2. The molecule has 1 aliphatic rings. The van der Waals surface area contributed by atoms with Gasteiger partial charge in [0, 0.05) is 34.7 Å². The van der Waals surface area contributed by atoms with E-state index < -0.39 is 0 Å². The largest absolute Gasteiger partial charge is 0.426 e. The summed E-state index contributed by atoms with van der Waals surface area (Å²) in [5, 5.41) is 1.74. The standard InChI is InChI=1S/C35H52O4/c1-4-6-8-10-12-14-16-22-32(36)38-34-28-20-18-19-21-29(28)35(31-26-27(3)24-25-30(31)34)39-33(37)23-17-15-13-11-9-7-5-2/h18-21,27H,4-17,22-26H2,1-3H3. The molecule has 0 bridgehead atoms. The fraction of sp³-hybridized carbons (Fsp3) is 0.657. The fourth-order valence-electron chi connectivity index (χ4n) is 5.82. The molecule has 0 saturated carbocycles. The minimum absolute atomic E-state index is 0.154. The molecule has 2 aromatic carbocycles. The summed E-state index contributed by atoms with van der Waals surface area (Å²) in [4.78, 5) is 25.9. The van der Waals surface area contributed by atoms with Gasteiger partial charge >= 0.3 is 11.9 Å². The van der Waals surface area contributed by atoms with Crippen molar-refractivity contribution in [3.8, 4) is 11.5 Å². The van der Waals surface area contributed by atoms with Gasteiger partial charge in [-0.2, -0.15) is 0 Å². The van der Waals surface area contributed by atoms with Crippen LogP contribution in [0.5, 0.6) is 11.5 Å². The minimum Gasteiger partial charge on any atom is -0.426 e. The normalized spacial score (nSPS) is 14.8. The van der Waals surface area contributed by atoms with Gasteiger partial charge in [0.1, 0.15) is 11.5 Å². The molecule has 0 aromatic heterocycles. The molecular formula is C35H52O4. The molecule has 1 unspecified atom stereocenters. The molecule has 0 spiro atoms. The van der Waals surface area contributed by atoms with Gasteiger partial charge in [-0.3, -0.25) is 9.59 Å². The highest BCUT2D eigenvalue weighted by atomic mass is 16.5. The zero-order chi connectivity index (χ0) is 27.9. The van der Waals surface area contributed by atoms with Crippen LogP contribution in [-0.4, -0.2) is 11.9 Å². The van der Waals surface area contributed by atoms with Crippen LogP contribution >= 0.6 is 0 Å². The number of hydrogen-bond donors (Lipinski definition) is 0. The van der Waals surface area contributed by atoms with Crippen molar-refractivity contribution in [1.29, 1.82) is 0 Å². The van der Waals surface area contributed by atoms with Crippen molar-refractivity contribution in [1.82, 2.24) is 0 Å². The molecule has 216 valence electrons. The summed E-state index contributed by atoms with van der Waals surface area (Å²) in [6.45, 7) is 6.70. The van der Waals surface area contributed by atoms with Crippen molar-refractivity contribution in [3.63, 3.8) is 0 Å². The van der Waals surface area contributed by atoms with Gasteiger partial charge < -0.3 is 9.47 Å². The van der Waals surface area contributed by atoms with Crippen LogP contribution in [0.4, 0.5) is 0 Å². The van der Waals surface area contributed by atoms with Gasteiger partial charge in [-0.1, -0.05) is 122 Å².